The molecule has 150 valence electrons. The van der Waals surface area contributed by atoms with E-state index in [0.29, 0.717) is 27.4 Å². The van der Waals surface area contributed by atoms with Crippen molar-refractivity contribution in [3.05, 3.63) is 86.2 Å². The Hall–Kier alpha value is -3.45. The fourth-order valence-electron chi connectivity index (χ4n) is 3.84. The highest BCUT2D eigenvalue weighted by atomic mass is 32.1. The molecule has 0 saturated carbocycles. The van der Waals surface area contributed by atoms with Crippen molar-refractivity contribution < 1.29 is 13.9 Å². The van der Waals surface area contributed by atoms with Gasteiger partial charge in [-0.1, -0.05) is 23.8 Å². The van der Waals surface area contributed by atoms with Gasteiger partial charge in [-0.15, -0.1) is 11.3 Å². The van der Waals surface area contributed by atoms with Gasteiger partial charge in [0.05, 0.1) is 29.8 Å². The van der Waals surface area contributed by atoms with E-state index in [1.54, 1.807) is 24.1 Å². The van der Waals surface area contributed by atoms with Crippen LogP contribution in [-0.4, -0.2) is 18.0 Å². The summed E-state index contributed by atoms with van der Waals surface area (Å²) in [4.78, 5) is 33.0. The normalized spacial score (nSPS) is 15.6. The first-order valence-corrected chi connectivity index (χ1v) is 10.3. The molecule has 1 unspecified atom stereocenters. The van der Waals surface area contributed by atoms with E-state index >= 15 is 0 Å². The van der Waals surface area contributed by atoms with Gasteiger partial charge in [0.1, 0.15) is 11.3 Å². The standard InChI is InChI=1S/C23H18N2O4S/c1-12-4-9-17-16(10-12)20(26)18-19(14-5-7-15(28-3)8-6-14)25(22(27)21(18)29-17)23-24-13(2)11-30-23/h4-11,19H,1-3H3. The summed E-state index contributed by atoms with van der Waals surface area (Å²) < 4.78 is 11.2. The van der Waals surface area contributed by atoms with Crippen LogP contribution < -0.4 is 15.1 Å². The van der Waals surface area contributed by atoms with Crippen LogP contribution in [0.1, 0.15) is 39.0 Å². The number of hydrogen-bond donors (Lipinski definition) is 0. The largest absolute Gasteiger partial charge is 0.497 e. The van der Waals surface area contributed by atoms with E-state index in [9.17, 15) is 9.59 Å². The van der Waals surface area contributed by atoms with Crippen LogP contribution in [-0.2, 0) is 0 Å². The number of thiazole rings is 1. The summed E-state index contributed by atoms with van der Waals surface area (Å²) in [5.41, 5.74) is 3.11. The van der Waals surface area contributed by atoms with E-state index in [-0.39, 0.29) is 17.1 Å². The number of aromatic nitrogens is 1. The third-order valence-electron chi connectivity index (χ3n) is 5.27. The maximum absolute atomic E-state index is 13.5. The average Bonchev–Trinajstić information content (AvgIpc) is 3.30. The van der Waals surface area contributed by atoms with Gasteiger partial charge in [-0.2, -0.15) is 0 Å². The summed E-state index contributed by atoms with van der Waals surface area (Å²) in [6.07, 6.45) is 0. The molecule has 2 aromatic heterocycles. The summed E-state index contributed by atoms with van der Waals surface area (Å²) in [6.45, 7) is 3.79. The highest BCUT2D eigenvalue weighted by Gasteiger charge is 2.44. The molecule has 0 aliphatic carbocycles. The summed E-state index contributed by atoms with van der Waals surface area (Å²) in [6, 6.07) is 12.1. The Kier molecular flexibility index (Phi) is 4.22. The lowest BCUT2D eigenvalue weighted by atomic mass is 9.98. The lowest BCUT2D eigenvalue weighted by Crippen LogP contribution is -2.29. The molecule has 0 bridgehead atoms. The zero-order valence-electron chi connectivity index (χ0n) is 16.6. The number of fused-ring (bicyclic) bond motifs is 2. The molecular formula is C23H18N2O4S. The fourth-order valence-corrected chi connectivity index (χ4v) is 4.67. The zero-order valence-corrected chi connectivity index (χ0v) is 17.4. The number of anilines is 1. The van der Waals surface area contributed by atoms with Gasteiger partial charge in [-0.25, -0.2) is 4.98 Å². The number of amides is 1. The molecule has 0 N–H and O–H groups in total. The van der Waals surface area contributed by atoms with Crippen molar-refractivity contribution in [2.24, 2.45) is 0 Å². The van der Waals surface area contributed by atoms with Gasteiger partial charge in [0.15, 0.2) is 10.6 Å². The fraction of sp³-hybridized carbons (Fsp3) is 0.174. The maximum Gasteiger partial charge on any atom is 0.297 e. The molecule has 1 aliphatic rings. The molecule has 0 fully saturated rings. The number of carbonyl (C=O) groups is 1. The van der Waals surface area contributed by atoms with Gasteiger partial charge in [0.25, 0.3) is 5.91 Å². The van der Waals surface area contributed by atoms with Crippen molar-refractivity contribution in [2.75, 3.05) is 12.0 Å². The Morgan fingerprint density at radius 3 is 2.53 bits per heavy atom. The molecule has 0 saturated heterocycles. The van der Waals surface area contributed by atoms with Gasteiger partial charge in [0, 0.05) is 5.38 Å². The molecule has 1 amide bonds. The minimum absolute atomic E-state index is 0.0741. The van der Waals surface area contributed by atoms with Gasteiger partial charge in [-0.3, -0.25) is 14.5 Å². The SMILES string of the molecule is COc1ccc(C2c3c(oc4ccc(C)cc4c3=O)C(=O)N2c2nc(C)cs2)cc1. The lowest BCUT2D eigenvalue weighted by Gasteiger charge is -2.22. The molecular weight excluding hydrogens is 400 g/mol. The second-order valence-electron chi connectivity index (χ2n) is 7.30. The molecule has 2 aromatic carbocycles. The second kappa shape index (κ2) is 6.81. The molecule has 0 radical (unpaired) electrons. The maximum atomic E-state index is 13.5. The number of carbonyl (C=O) groups excluding carboxylic acids is 1. The molecule has 5 rings (SSSR count). The van der Waals surface area contributed by atoms with Gasteiger partial charge in [0.2, 0.25) is 5.76 Å². The highest BCUT2D eigenvalue weighted by Crippen LogP contribution is 2.42. The van der Waals surface area contributed by atoms with Crippen molar-refractivity contribution in [1.82, 2.24) is 4.98 Å². The van der Waals surface area contributed by atoms with Crippen molar-refractivity contribution in [3.8, 4) is 5.75 Å². The number of methoxy groups -OCH3 is 1. The van der Waals surface area contributed by atoms with Gasteiger partial charge >= 0.3 is 0 Å². The van der Waals surface area contributed by atoms with Crippen LogP contribution >= 0.6 is 11.3 Å². The molecule has 1 aliphatic heterocycles. The van der Waals surface area contributed by atoms with E-state index in [1.165, 1.54) is 11.3 Å². The van der Waals surface area contributed by atoms with Crippen molar-refractivity contribution in [2.45, 2.75) is 19.9 Å². The quantitative estimate of drug-likeness (QED) is 0.485. The van der Waals surface area contributed by atoms with Crippen LogP contribution in [0, 0.1) is 13.8 Å². The van der Waals surface area contributed by atoms with Crippen LogP contribution in [0.25, 0.3) is 11.0 Å². The molecule has 30 heavy (non-hydrogen) atoms. The van der Waals surface area contributed by atoms with E-state index in [0.717, 1.165) is 16.8 Å². The number of ether oxygens (including phenoxy) is 1. The van der Waals surface area contributed by atoms with Crippen LogP contribution in [0.15, 0.2) is 57.1 Å². The molecule has 0 spiro atoms. The first-order chi connectivity index (χ1) is 14.5. The van der Waals surface area contributed by atoms with Crippen molar-refractivity contribution in [1.29, 1.82) is 0 Å². The Balaban J connectivity index is 1.80. The number of aryl methyl sites for hydroxylation is 2. The zero-order chi connectivity index (χ0) is 21.0. The van der Waals surface area contributed by atoms with E-state index < -0.39 is 6.04 Å². The third-order valence-corrected chi connectivity index (χ3v) is 6.23. The first-order valence-electron chi connectivity index (χ1n) is 9.45. The Labute approximate surface area is 176 Å². The Morgan fingerprint density at radius 1 is 1.10 bits per heavy atom. The van der Waals surface area contributed by atoms with E-state index in [4.69, 9.17) is 9.15 Å². The van der Waals surface area contributed by atoms with E-state index in [1.807, 2.05) is 49.6 Å². The number of rotatable bonds is 3. The second-order valence-corrected chi connectivity index (χ2v) is 8.13. The Morgan fingerprint density at radius 2 is 1.87 bits per heavy atom. The summed E-state index contributed by atoms with van der Waals surface area (Å²) in [7, 11) is 1.59. The van der Waals surface area contributed by atoms with Crippen LogP contribution in [0.3, 0.4) is 0 Å². The van der Waals surface area contributed by atoms with Crippen molar-refractivity contribution >= 4 is 33.3 Å². The topological polar surface area (TPSA) is 72.6 Å². The molecule has 7 heteroatoms. The number of hydrogen-bond acceptors (Lipinski definition) is 6. The molecule has 1 atom stereocenters. The minimum Gasteiger partial charge on any atom is -0.497 e. The highest BCUT2D eigenvalue weighted by molar-refractivity contribution is 7.14. The van der Waals surface area contributed by atoms with Crippen LogP contribution in [0.4, 0.5) is 5.13 Å². The predicted octanol–water partition coefficient (Wildman–Crippen LogP) is 4.62. The number of benzene rings is 2. The average molecular weight is 418 g/mol. The lowest BCUT2D eigenvalue weighted by molar-refractivity contribution is 0.0971. The van der Waals surface area contributed by atoms with Crippen LogP contribution in [0.5, 0.6) is 5.75 Å². The summed E-state index contributed by atoms with van der Waals surface area (Å²) in [5, 5.41) is 2.88. The molecule has 3 heterocycles. The van der Waals surface area contributed by atoms with Crippen LogP contribution in [0.2, 0.25) is 0 Å². The predicted molar refractivity (Wildman–Crippen MR) is 116 cm³/mol. The van der Waals surface area contributed by atoms with E-state index in [2.05, 4.69) is 4.98 Å². The molecule has 6 nitrogen and oxygen atoms in total. The first kappa shape index (κ1) is 18.6. The van der Waals surface area contributed by atoms with Crippen molar-refractivity contribution in [3.63, 3.8) is 0 Å². The Bertz CT molecular complexity index is 1350. The smallest absolute Gasteiger partial charge is 0.297 e. The summed E-state index contributed by atoms with van der Waals surface area (Å²) >= 11 is 1.37. The van der Waals surface area contributed by atoms with Gasteiger partial charge < -0.3 is 9.15 Å². The molecule has 4 aromatic rings. The number of nitrogens with zero attached hydrogens (tertiary/aromatic N) is 2. The monoisotopic (exact) mass is 418 g/mol. The summed E-state index contributed by atoms with van der Waals surface area (Å²) in [5.74, 6) is 0.408. The minimum atomic E-state index is -0.620. The van der Waals surface area contributed by atoms with Gasteiger partial charge in [-0.05, 0) is 43.7 Å². The third kappa shape index (κ3) is 2.74.